The summed E-state index contributed by atoms with van der Waals surface area (Å²) in [6.45, 7) is 0. The van der Waals surface area contributed by atoms with Crippen molar-refractivity contribution in [1.29, 1.82) is 0 Å². The molecule has 0 atom stereocenters. The zero-order valence-electron chi connectivity index (χ0n) is 14.6. The van der Waals surface area contributed by atoms with Gasteiger partial charge in [-0.2, -0.15) is 0 Å². The number of methoxy groups -OCH3 is 1. The Morgan fingerprint density at radius 3 is 2.50 bits per heavy atom. The lowest BCUT2D eigenvalue weighted by molar-refractivity contribution is -0.111. The van der Waals surface area contributed by atoms with E-state index >= 15 is 0 Å². The standard InChI is InChI=1S/C22H20N2O2/c1-26-21-4-2-3-17(16-21)7-10-22(25)24-20-8-5-18(6-9-20)15-19-11-13-23-14-12-19/h2-14,16H,15H2,1H3,(H,24,25)/b10-7+. The fourth-order valence-electron chi connectivity index (χ4n) is 2.54. The van der Waals surface area contributed by atoms with Crippen LogP contribution in [0.25, 0.3) is 6.08 Å². The van der Waals surface area contributed by atoms with Crippen molar-refractivity contribution in [3.63, 3.8) is 0 Å². The number of benzene rings is 2. The molecule has 0 saturated heterocycles. The quantitative estimate of drug-likeness (QED) is 0.677. The number of carbonyl (C=O) groups excluding carboxylic acids is 1. The molecule has 1 heterocycles. The lowest BCUT2D eigenvalue weighted by atomic mass is 10.1. The number of nitrogens with one attached hydrogen (secondary N) is 1. The fraction of sp³-hybridized carbons (Fsp3) is 0.0909. The summed E-state index contributed by atoms with van der Waals surface area (Å²) < 4.78 is 5.17. The molecule has 1 amide bonds. The topological polar surface area (TPSA) is 51.2 Å². The molecule has 0 aliphatic rings. The molecule has 130 valence electrons. The third-order valence-electron chi connectivity index (χ3n) is 3.90. The summed E-state index contributed by atoms with van der Waals surface area (Å²) >= 11 is 0. The zero-order chi connectivity index (χ0) is 18.2. The van der Waals surface area contributed by atoms with Crippen molar-refractivity contribution in [2.75, 3.05) is 12.4 Å². The first kappa shape index (κ1) is 17.4. The summed E-state index contributed by atoms with van der Waals surface area (Å²) in [5.74, 6) is 0.590. The Hall–Kier alpha value is -3.40. The lowest BCUT2D eigenvalue weighted by Gasteiger charge is -2.05. The molecule has 0 bridgehead atoms. The number of amides is 1. The van der Waals surface area contributed by atoms with E-state index in [1.54, 1.807) is 25.6 Å². The van der Waals surface area contributed by atoms with Crippen LogP contribution in [0.15, 0.2) is 79.1 Å². The van der Waals surface area contributed by atoms with E-state index in [0.717, 1.165) is 23.4 Å². The van der Waals surface area contributed by atoms with Gasteiger partial charge in [0.25, 0.3) is 0 Å². The molecule has 3 rings (SSSR count). The Balaban J connectivity index is 1.58. The summed E-state index contributed by atoms with van der Waals surface area (Å²) in [7, 11) is 1.62. The summed E-state index contributed by atoms with van der Waals surface area (Å²) in [4.78, 5) is 16.1. The van der Waals surface area contributed by atoms with Crippen LogP contribution in [0.5, 0.6) is 5.75 Å². The maximum atomic E-state index is 12.1. The second kappa shape index (κ2) is 8.62. The molecule has 1 aromatic heterocycles. The minimum Gasteiger partial charge on any atom is -0.497 e. The molecule has 2 aromatic carbocycles. The van der Waals surface area contributed by atoms with Crippen LogP contribution in [0.1, 0.15) is 16.7 Å². The number of carbonyl (C=O) groups is 1. The highest BCUT2D eigenvalue weighted by molar-refractivity contribution is 6.01. The van der Waals surface area contributed by atoms with Crippen molar-refractivity contribution in [2.24, 2.45) is 0 Å². The highest BCUT2D eigenvalue weighted by Gasteiger charge is 2.00. The van der Waals surface area contributed by atoms with Crippen LogP contribution >= 0.6 is 0 Å². The number of hydrogen-bond donors (Lipinski definition) is 1. The Morgan fingerprint density at radius 2 is 1.77 bits per heavy atom. The van der Waals surface area contributed by atoms with Crippen molar-refractivity contribution in [3.8, 4) is 5.75 Å². The average Bonchev–Trinajstić information content (AvgIpc) is 2.69. The highest BCUT2D eigenvalue weighted by Crippen LogP contribution is 2.15. The van der Waals surface area contributed by atoms with Crippen molar-refractivity contribution >= 4 is 17.7 Å². The SMILES string of the molecule is COc1cccc(/C=C/C(=O)Nc2ccc(Cc3ccncc3)cc2)c1. The van der Waals surface area contributed by atoms with E-state index < -0.39 is 0 Å². The van der Waals surface area contributed by atoms with E-state index in [1.807, 2.05) is 60.7 Å². The van der Waals surface area contributed by atoms with Gasteiger partial charge < -0.3 is 10.1 Å². The summed E-state index contributed by atoms with van der Waals surface area (Å²) in [5.41, 5.74) is 4.06. The molecule has 0 fully saturated rings. The number of aromatic nitrogens is 1. The second-order valence-electron chi connectivity index (χ2n) is 5.83. The number of rotatable bonds is 6. The van der Waals surface area contributed by atoms with Crippen LogP contribution < -0.4 is 10.1 Å². The second-order valence-corrected chi connectivity index (χ2v) is 5.83. The van der Waals surface area contributed by atoms with Gasteiger partial charge in [-0.25, -0.2) is 0 Å². The van der Waals surface area contributed by atoms with Gasteiger partial charge >= 0.3 is 0 Å². The van der Waals surface area contributed by atoms with Gasteiger partial charge in [0.15, 0.2) is 0 Å². The summed E-state index contributed by atoms with van der Waals surface area (Å²) in [6.07, 6.45) is 7.69. The van der Waals surface area contributed by atoms with Crippen molar-refractivity contribution in [3.05, 3.63) is 95.8 Å². The predicted molar refractivity (Wildman–Crippen MR) is 104 cm³/mol. The zero-order valence-corrected chi connectivity index (χ0v) is 14.6. The summed E-state index contributed by atoms with van der Waals surface area (Å²) in [5, 5.41) is 2.86. The number of ether oxygens (including phenoxy) is 1. The lowest BCUT2D eigenvalue weighted by Crippen LogP contribution is -2.07. The van der Waals surface area contributed by atoms with Gasteiger partial charge in [-0.15, -0.1) is 0 Å². The third-order valence-corrected chi connectivity index (χ3v) is 3.90. The van der Waals surface area contributed by atoms with Gasteiger partial charge in [-0.3, -0.25) is 9.78 Å². The molecule has 0 radical (unpaired) electrons. The molecule has 1 N–H and O–H groups in total. The molecule has 0 saturated carbocycles. The van der Waals surface area contributed by atoms with Crippen LogP contribution in [-0.4, -0.2) is 18.0 Å². The van der Waals surface area contributed by atoms with E-state index in [2.05, 4.69) is 10.3 Å². The van der Waals surface area contributed by atoms with Crippen molar-refractivity contribution in [2.45, 2.75) is 6.42 Å². The monoisotopic (exact) mass is 344 g/mol. The highest BCUT2D eigenvalue weighted by atomic mass is 16.5. The van der Waals surface area contributed by atoms with E-state index in [0.29, 0.717) is 0 Å². The smallest absolute Gasteiger partial charge is 0.248 e. The Bertz CT molecular complexity index is 888. The fourth-order valence-corrected chi connectivity index (χ4v) is 2.54. The molecular weight excluding hydrogens is 324 g/mol. The van der Waals surface area contributed by atoms with E-state index in [1.165, 1.54) is 17.2 Å². The van der Waals surface area contributed by atoms with Gasteiger partial charge in [-0.1, -0.05) is 24.3 Å². The normalized spacial score (nSPS) is 10.7. The molecule has 0 aliphatic carbocycles. The number of anilines is 1. The molecular formula is C22H20N2O2. The van der Waals surface area contributed by atoms with Crippen molar-refractivity contribution < 1.29 is 9.53 Å². The molecule has 4 nitrogen and oxygen atoms in total. The first-order chi connectivity index (χ1) is 12.7. The number of hydrogen-bond acceptors (Lipinski definition) is 3. The van der Waals surface area contributed by atoms with Crippen LogP contribution in [0.3, 0.4) is 0 Å². The number of pyridine rings is 1. The molecule has 26 heavy (non-hydrogen) atoms. The molecule has 3 aromatic rings. The Morgan fingerprint density at radius 1 is 1.04 bits per heavy atom. The molecule has 0 aliphatic heterocycles. The van der Waals surface area contributed by atoms with Crippen LogP contribution in [-0.2, 0) is 11.2 Å². The minimum atomic E-state index is -0.172. The molecule has 4 heteroatoms. The van der Waals surface area contributed by atoms with E-state index in [4.69, 9.17) is 4.74 Å². The van der Waals surface area contributed by atoms with Gasteiger partial charge in [0, 0.05) is 24.2 Å². The maximum Gasteiger partial charge on any atom is 0.248 e. The van der Waals surface area contributed by atoms with E-state index in [9.17, 15) is 4.79 Å². The van der Waals surface area contributed by atoms with Crippen LogP contribution in [0.2, 0.25) is 0 Å². The van der Waals surface area contributed by atoms with Crippen molar-refractivity contribution in [1.82, 2.24) is 4.98 Å². The predicted octanol–water partition coefficient (Wildman–Crippen LogP) is 4.33. The third kappa shape index (κ3) is 5.05. The van der Waals surface area contributed by atoms with Crippen LogP contribution in [0.4, 0.5) is 5.69 Å². The van der Waals surface area contributed by atoms with Gasteiger partial charge in [0.05, 0.1) is 7.11 Å². The first-order valence-electron chi connectivity index (χ1n) is 8.34. The maximum absolute atomic E-state index is 12.1. The van der Waals surface area contributed by atoms with Crippen LogP contribution in [0, 0.1) is 0 Å². The average molecular weight is 344 g/mol. The summed E-state index contributed by atoms with van der Waals surface area (Å²) in [6, 6.07) is 19.4. The molecule has 0 spiro atoms. The van der Waals surface area contributed by atoms with Gasteiger partial charge in [0.2, 0.25) is 5.91 Å². The largest absolute Gasteiger partial charge is 0.497 e. The molecule has 0 unspecified atom stereocenters. The minimum absolute atomic E-state index is 0.172. The first-order valence-corrected chi connectivity index (χ1v) is 8.34. The van der Waals surface area contributed by atoms with Gasteiger partial charge in [0.1, 0.15) is 5.75 Å². The van der Waals surface area contributed by atoms with E-state index in [-0.39, 0.29) is 5.91 Å². The van der Waals surface area contributed by atoms with Gasteiger partial charge in [-0.05, 0) is 65.6 Å². The number of nitrogens with zero attached hydrogens (tertiary/aromatic N) is 1. The Kier molecular flexibility index (Phi) is 5.78. The Labute approximate surface area is 153 Å².